The molecule has 4 nitrogen and oxygen atoms in total. The molecule has 0 bridgehead atoms. The van der Waals surface area contributed by atoms with Gasteiger partial charge in [0.05, 0.1) is 11.7 Å². The molecule has 0 saturated heterocycles. The maximum Gasteiger partial charge on any atom is 0.303 e. The third kappa shape index (κ3) is 5.28. The van der Waals surface area contributed by atoms with Crippen LogP contribution in [0.3, 0.4) is 0 Å². The van der Waals surface area contributed by atoms with E-state index in [0.29, 0.717) is 17.4 Å². The molecule has 132 valence electrons. The van der Waals surface area contributed by atoms with Gasteiger partial charge in [-0.2, -0.15) is 0 Å². The third-order valence-corrected chi connectivity index (χ3v) is 4.89. The number of hydrogen-bond acceptors (Lipinski definition) is 3. The molecule has 1 saturated carbocycles. The highest BCUT2D eigenvalue weighted by Crippen LogP contribution is 2.42. The first-order chi connectivity index (χ1) is 12.1. The molecule has 1 aliphatic carbocycles. The van der Waals surface area contributed by atoms with Crippen LogP contribution in [0, 0.1) is 5.92 Å². The number of halogens is 1. The Hall–Kier alpha value is -1.91. The second-order valence-electron chi connectivity index (χ2n) is 6.63. The molecule has 2 aromatic rings. The van der Waals surface area contributed by atoms with Gasteiger partial charge in [-0.25, -0.2) is 0 Å². The maximum absolute atomic E-state index is 10.9. The smallest absolute Gasteiger partial charge is 0.303 e. The minimum Gasteiger partial charge on any atom is -0.481 e. The molecule has 0 radical (unpaired) electrons. The number of aromatic nitrogens is 1. The van der Waals surface area contributed by atoms with Crippen molar-refractivity contribution >= 4 is 17.6 Å². The molecule has 0 aliphatic heterocycles. The van der Waals surface area contributed by atoms with Gasteiger partial charge in [-0.05, 0) is 61.4 Å². The topological polar surface area (TPSA) is 62.2 Å². The monoisotopic (exact) mass is 358 g/mol. The van der Waals surface area contributed by atoms with Gasteiger partial charge in [0.15, 0.2) is 0 Å². The van der Waals surface area contributed by atoms with Crippen LogP contribution in [0.5, 0.6) is 0 Å². The van der Waals surface area contributed by atoms with Gasteiger partial charge in [0.2, 0.25) is 0 Å². The molecule has 5 heteroatoms. The third-order valence-electron chi connectivity index (χ3n) is 4.64. The molecular formula is C20H23ClN2O2. The number of benzene rings is 1. The van der Waals surface area contributed by atoms with Crippen molar-refractivity contribution in [3.05, 3.63) is 64.9 Å². The first-order valence-corrected chi connectivity index (χ1v) is 9.15. The molecule has 1 fully saturated rings. The summed E-state index contributed by atoms with van der Waals surface area (Å²) in [7, 11) is 0. The van der Waals surface area contributed by atoms with Gasteiger partial charge in [0.1, 0.15) is 0 Å². The number of aliphatic carboxylic acids is 1. The van der Waals surface area contributed by atoms with Crippen molar-refractivity contribution < 1.29 is 9.90 Å². The first-order valence-electron chi connectivity index (χ1n) is 8.77. The molecular weight excluding hydrogens is 336 g/mol. The van der Waals surface area contributed by atoms with Gasteiger partial charge < -0.3 is 10.4 Å². The normalized spacial score (nSPS) is 16.4. The molecule has 3 rings (SSSR count). The van der Waals surface area contributed by atoms with Crippen molar-refractivity contribution in [2.24, 2.45) is 5.92 Å². The zero-order chi connectivity index (χ0) is 17.6. The van der Waals surface area contributed by atoms with Crippen molar-refractivity contribution in [1.29, 1.82) is 0 Å². The second kappa shape index (κ2) is 8.45. The molecule has 2 unspecified atom stereocenters. The van der Waals surface area contributed by atoms with Gasteiger partial charge in [0, 0.05) is 23.7 Å². The number of pyridine rings is 1. The molecule has 0 spiro atoms. The number of nitrogens with zero attached hydrogens (tertiary/aromatic N) is 1. The van der Waals surface area contributed by atoms with Gasteiger partial charge in [-0.15, -0.1) is 0 Å². The summed E-state index contributed by atoms with van der Waals surface area (Å²) in [5, 5.41) is 13.4. The summed E-state index contributed by atoms with van der Waals surface area (Å²) >= 11 is 6.02. The fourth-order valence-electron chi connectivity index (χ4n) is 3.17. The summed E-state index contributed by atoms with van der Waals surface area (Å²) in [6.07, 6.45) is 5.82. The average molecular weight is 359 g/mol. The van der Waals surface area contributed by atoms with E-state index in [4.69, 9.17) is 16.7 Å². The number of carboxylic acids is 1. The van der Waals surface area contributed by atoms with E-state index in [0.717, 1.165) is 17.7 Å². The van der Waals surface area contributed by atoms with Crippen LogP contribution < -0.4 is 5.32 Å². The summed E-state index contributed by atoms with van der Waals surface area (Å²) in [4.78, 5) is 15.4. The Kier molecular flexibility index (Phi) is 6.05. The van der Waals surface area contributed by atoms with Gasteiger partial charge in [-0.1, -0.05) is 29.8 Å². The molecule has 1 aromatic heterocycles. The highest BCUT2D eigenvalue weighted by atomic mass is 35.5. The summed E-state index contributed by atoms with van der Waals surface area (Å²) in [5.74, 6) is -0.150. The number of hydrogen-bond donors (Lipinski definition) is 2. The van der Waals surface area contributed by atoms with Crippen LogP contribution in [0.4, 0.5) is 0 Å². The minimum atomic E-state index is -0.752. The number of nitrogens with one attached hydrogen (secondary N) is 1. The minimum absolute atomic E-state index is 0.0872. The average Bonchev–Trinajstić information content (AvgIpc) is 3.44. The van der Waals surface area contributed by atoms with Crippen LogP contribution in [0.25, 0.3) is 0 Å². The predicted octanol–water partition coefficient (Wildman–Crippen LogP) is 4.77. The lowest BCUT2D eigenvalue weighted by molar-refractivity contribution is -0.137. The summed E-state index contributed by atoms with van der Waals surface area (Å²) in [6, 6.07) is 14.1. The quantitative estimate of drug-likeness (QED) is 0.677. The largest absolute Gasteiger partial charge is 0.481 e. The van der Waals surface area contributed by atoms with E-state index in [1.54, 1.807) is 0 Å². The lowest BCUT2D eigenvalue weighted by Crippen LogP contribution is -2.29. The van der Waals surface area contributed by atoms with Crippen LogP contribution in [0.15, 0.2) is 48.7 Å². The summed E-state index contributed by atoms with van der Waals surface area (Å²) < 4.78 is 0. The molecule has 2 atom stereocenters. The fourth-order valence-corrected chi connectivity index (χ4v) is 3.29. The van der Waals surface area contributed by atoms with Crippen molar-refractivity contribution in [2.75, 3.05) is 0 Å². The predicted molar refractivity (Wildman–Crippen MR) is 98.5 cm³/mol. The number of carbonyl (C=O) groups is 1. The van der Waals surface area contributed by atoms with E-state index in [1.807, 2.05) is 42.6 Å². The van der Waals surface area contributed by atoms with E-state index in [9.17, 15) is 4.79 Å². The molecule has 0 amide bonds. The highest BCUT2D eigenvalue weighted by Gasteiger charge is 2.34. The zero-order valence-electron chi connectivity index (χ0n) is 14.1. The van der Waals surface area contributed by atoms with Crippen molar-refractivity contribution in [2.45, 2.75) is 44.2 Å². The second-order valence-corrected chi connectivity index (χ2v) is 7.06. The lowest BCUT2D eigenvalue weighted by atomic mass is 9.98. The Morgan fingerprint density at radius 1 is 1.24 bits per heavy atom. The van der Waals surface area contributed by atoms with Gasteiger partial charge in [0.25, 0.3) is 0 Å². The van der Waals surface area contributed by atoms with Crippen molar-refractivity contribution in [3.63, 3.8) is 0 Å². The Bertz CT molecular complexity index is 687. The molecule has 2 N–H and O–H groups in total. The van der Waals surface area contributed by atoms with E-state index < -0.39 is 5.97 Å². The lowest BCUT2D eigenvalue weighted by Gasteiger charge is -2.26. The standard InChI is InChI=1S/C20H23ClN2O2/c21-16-11-9-14(10-12-16)17(5-3-6-19(24)25)23-20(15-7-8-15)18-4-1-2-13-22-18/h1-2,4,9-13,15,17,20,23H,3,5-8H2,(H,24,25). The Balaban J connectivity index is 1.77. The highest BCUT2D eigenvalue weighted by molar-refractivity contribution is 6.30. The zero-order valence-corrected chi connectivity index (χ0v) is 14.8. The Morgan fingerprint density at radius 3 is 2.60 bits per heavy atom. The first kappa shape index (κ1) is 17.9. The van der Waals surface area contributed by atoms with Crippen LogP contribution in [-0.4, -0.2) is 16.1 Å². The van der Waals surface area contributed by atoms with Gasteiger partial charge >= 0.3 is 5.97 Å². The van der Waals surface area contributed by atoms with Crippen molar-refractivity contribution in [3.8, 4) is 0 Å². The molecule has 25 heavy (non-hydrogen) atoms. The van der Waals surface area contributed by atoms with Crippen LogP contribution in [0.1, 0.15) is 55.4 Å². The molecule has 1 aliphatic rings. The van der Waals surface area contributed by atoms with E-state index in [2.05, 4.69) is 16.4 Å². The number of carboxylic acid groups (broad SMARTS) is 1. The number of rotatable bonds is 9. The van der Waals surface area contributed by atoms with Crippen LogP contribution >= 0.6 is 11.6 Å². The molecule has 1 aromatic carbocycles. The fraction of sp³-hybridized carbons (Fsp3) is 0.400. The SMILES string of the molecule is O=C(O)CCCC(NC(c1ccccn1)C1CC1)c1ccc(Cl)cc1. The van der Waals surface area contributed by atoms with E-state index in [-0.39, 0.29) is 18.5 Å². The maximum atomic E-state index is 10.9. The summed E-state index contributed by atoms with van der Waals surface area (Å²) in [6.45, 7) is 0. The van der Waals surface area contributed by atoms with Crippen molar-refractivity contribution in [1.82, 2.24) is 10.3 Å². The molecule has 1 heterocycles. The van der Waals surface area contributed by atoms with Gasteiger partial charge in [-0.3, -0.25) is 9.78 Å². The van der Waals surface area contributed by atoms with Crippen LogP contribution in [-0.2, 0) is 4.79 Å². The van der Waals surface area contributed by atoms with E-state index >= 15 is 0 Å². The van der Waals surface area contributed by atoms with Crippen LogP contribution in [0.2, 0.25) is 5.02 Å². The summed E-state index contributed by atoms with van der Waals surface area (Å²) in [5.41, 5.74) is 2.19. The Labute approximate surface area is 153 Å². The Morgan fingerprint density at radius 2 is 2.00 bits per heavy atom. The van der Waals surface area contributed by atoms with E-state index in [1.165, 1.54) is 12.8 Å².